The quantitative estimate of drug-likeness (QED) is 0.901. The van der Waals surface area contributed by atoms with Crippen LogP contribution in [0.25, 0.3) is 0 Å². The monoisotopic (exact) mass is 330 g/mol. The smallest absolute Gasteiger partial charge is 0.274 e. The zero-order chi connectivity index (χ0) is 17.1. The van der Waals surface area contributed by atoms with Crippen molar-refractivity contribution in [2.24, 2.45) is 0 Å². The van der Waals surface area contributed by atoms with Gasteiger partial charge in [-0.3, -0.25) is 9.89 Å². The van der Waals surface area contributed by atoms with Gasteiger partial charge in [0.1, 0.15) is 11.8 Å². The molecule has 0 aromatic carbocycles. The Morgan fingerprint density at radius 1 is 1.50 bits per heavy atom. The highest BCUT2D eigenvalue weighted by Crippen LogP contribution is 2.22. The number of morpholine rings is 1. The maximum atomic E-state index is 12.6. The van der Waals surface area contributed by atoms with Crippen molar-refractivity contribution in [3.8, 4) is 0 Å². The summed E-state index contributed by atoms with van der Waals surface area (Å²) in [6.45, 7) is 3.50. The molecule has 0 spiro atoms. The molecule has 2 aromatic rings. The van der Waals surface area contributed by atoms with Crippen LogP contribution in [-0.2, 0) is 11.2 Å². The van der Waals surface area contributed by atoms with Gasteiger partial charge in [0.25, 0.3) is 5.91 Å². The van der Waals surface area contributed by atoms with E-state index in [1.54, 1.807) is 11.1 Å². The van der Waals surface area contributed by atoms with Crippen LogP contribution in [0, 0.1) is 0 Å². The average Bonchev–Trinajstić information content (AvgIpc) is 3.10. The Balaban J connectivity index is 1.74. The van der Waals surface area contributed by atoms with E-state index in [2.05, 4.69) is 20.2 Å². The second kappa shape index (κ2) is 6.96. The summed E-state index contributed by atoms with van der Waals surface area (Å²) in [6, 6.07) is 3.64. The number of carbonyl (C=O) groups excluding carboxylic acids is 1. The first-order valence-electron chi connectivity index (χ1n) is 8.04. The van der Waals surface area contributed by atoms with Crippen LogP contribution in [0.15, 0.2) is 18.3 Å². The lowest BCUT2D eigenvalue weighted by Crippen LogP contribution is -2.42. The summed E-state index contributed by atoms with van der Waals surface area (Å²) in [5.74, 6) is 0.542. The number of nitrogens with zero attached hydrogens (tertiary/aromatic N) is 5. The number of anilines is 1. The zero-order valence-corrected chi connectivity index (χ0v) is 14.2. The number of rotatable bonds is 4. The van der Waals surface area contributed by atoms with E-state index in [1.807, 2.05) is 38.1 Å². The van der Waals surface area contributed by atoms with Crippen molar-refractivity contribution in [1.82, 2.24) is 25.1 Å². The summed E-state index contributed by atoms with van der Waals surface area (Å²) in [7, 11) is 3.78. The Morgan fingerprint density at radius 2 is 2.33 bits per heavy atom. The Morgan fingerprint density at radius 3 is 3.04 bits per heavy atom. The van der Waals surface area contributed by atoms with Crippen LogP contribution in [-0.4, -0.2) is 64.8 Å². The molecule has 8 heteroatoms. The van der Waals surface area contributed by atoms with Gasteiger partial charge in [0.05, 0.1) is 18.8 Å². The molecule has 3 rings (SSSR count). The van der Waals surface area contributed by atoms with Gasteiger partial charge in [-0.25, -0.2) is 9.97 Å². The highest BCUT2D eigenvalue weighted by Gasteiger charge is 2.28. The fourth-order valence-electron chi connectivity index (χ4n) is 2.58. The summed E-state index contributed by atoms with van der Waals surface area (Å²) < 4.78 is 5.81. The predicted octanol–water partition coefficient (Wildman–Crippen LogP) is 1.04. The maximum Gasteiger partial charge on any atom is 0.274 e. The molecule has 3 heterocycles. The first-order valence-corrected chi connectivity index (χ1v) is 8.04. The Labute approximate surface area is 140 Å². The number of carbonyl (C=O) groups is 1. The van der Waals surface area contributed by atoms with Crippen LogP contribution in [0.4, 0.5) is 5.95 Å². The van der Waals surface area contributed by atoms with E-state index in [4.69, 9.17) is 4.74 Å². The highest BCUT2D eigenvalue weighted by atomic mass is 16.5. The fourth-order valence-corrected chi connectivity index (χ4v) is 2.58. The van der Waals surface area contributed by atoms with Gasteiger partial charge in [0, 0.05) is 32.5 Å². The van der Waals surface area contributed by atoms with Crippen LogP contribution in [0.1, 0.15) is 34.9 Å². The number of hydrogen-bond donors (Lipinski definition) is 1. The number of H-pyrrole nitrogens is 1. The SMILES string of the molecule is CCc1cc(C(=O)N2CCO[C@H](c3ccnc(N(C)C)n3)C2)n[nH]1. The maximum absolute atomic E-state index is 12.6. The third kappa shape index (κ3) is 3.38. The van der Waals surface area contributed by atoms with Crippen LogP contribution >= 0.6 is 0 Å². The van der Waals surface area contributed by atoms with Crippen molar-refractivity contribution >= 4 is 11.9 Å². The first kappa shape index (κ1) is 16.4. The van der Waals surface area contributed by atoms with Gasteiger partial charge in [-0.2, -0.15) is 5.10 Å². The van der Waals surface area contributed by atoms with E-state index in [0.717, 1.165) is 17.8 Å². The summed E-state index contributed by atoms with van der Waals surface area (Å²) in [5, 5.41) is 6.99. The van der Waals surface area contributed by atoms with Crippen molar-refractivity contribution in [3.05, 3.63) is 35.4 Å². The average molecular weight is 330 g/mol. The minimum absolute atomic E-state index is 0.0823. The number of ether oxygens (including phenoxy) is 1. The molecular weight excluding hydrogens is 308 g/mol. The molecule has 0 unspecified atom stereocenters. The van der Waals surface area contributed by atoms with E-state index in [0.29, 0.717) is 31.3 Å². The molecule has 0 saturated carbocycles. The number of aromatic nitrogens is 4. The molecule has 1 N–H and O–H groups in total. The number of nitrogens with one attached hydrogen (secondary N) is 1. The van der Waals surface area contributed by atoms with Crippen molar-refractivity contribution in [2.75, 3.05) is 38.7 Å². The van der Waals surface area contributed by atoms with Gasteiger partial charge in [-0.1, -0.05) is 6.92 Å². The van der Waals surface area contributed by atoms with E-state index >= 15 is 0 Å². The fraction of sp³-hybridized carbons (Fsp3) is 0.500. The second-order valence-corrected chi connectivity index (χ2v) is 5.92. The molecular formula is C16H22N6O2. The minimum Gasteiger partial charge on any atom is -0.368 e. The van der Waals surface area contributed by atoms with Crippen LogP contribution in [0.5, 0.6) is 0 Å². The number of aryl methyl sites for hydroxylation is 1. The molecule has 1 amide bonds. The molecule has 2 aromatic heterocycles. The largest absolute Gasteiger partial charge is 0.368 e. The lowest BCUT2D eigenvalue weighted by Gasteiger charge is -2.32. The van der Waals surface area contributed by atoms with Gasteiger partial charge in [-0.05, 0) is 18.6 Å². The molecule has 128 valence electrons. The Bertz CT molecular complexity index is 714. The molecule has 8 nitrogen and oxygen atoms in total. The molecule has 1 saturated heterocycles. The number of hydrogen-bond acceptors (Lipinski definition) is 6. The van der Waals surface area contributed by atoms with E-state index < -0.39 is 0 Å². The van der Waals surface area contributed by atoms with Crippen molar-refractivity contribution in [2.45, 2.75) is 19.4 Å². The van der Waals surface area contributed by atoms with Gasteiger partial charge >= 0.3 is 0 Å². The lowest BCUT2D eigenvalue weighted by molar-refractivity contribution is -0.0249. The lowest BCUT2D eigenvalue weighted by atomic mass is 10.2. The van der Waals surface area contributed by atoms with E-state index in [1.165, 1.54) is 0 Å². The third-order valence-electron chi connectivity index (χ3n) is 3.98. The zero-order valence-electron chi connectivity index (χ0n) is 14.2. The van der Waals surface area contributed by atoms with Gasteiger partial charge in [0.15, 0.2) is 0 Å². The van der Waals surface area contributed by atoms with Crippen molar-refractivity contribution in [1.29, 1.82) is 0 Å². The number of aromatic amines is 1. The highest BCUT2D eigenvalue weighted by molar-refractivity contribution is 5.92. The molecule has 1 fully saturated rings. The van der Waals surface area contributed by atoms with E-state index in [9.17, 15) is 4.79 Å². The molecule has 24 heavy (non-hydrogen) atoms. The van der Waals surface area contributed by atoms with Crippen LogP contribution in [0.3, 0.4) is 0 Å². The molecule has 0 aliphatic carbocycles. The van der Waals surface area contributed by atoms with Crippen molar-refractivity contribution in [3.63, 3.8) is 0 Å². The Kier molecular flexibility index (Phi) is 4.75. The van der Waals surface area contributed by atoms with Crippen LogP contribution < -0.4 is 4.90 Å². The molecule has 0 radical (unpaired) electrons. The minimum atomic E-state index is -0.256. The molecule has 1 aliphatic heterocycles. The second-order valence-electron chi connectivity index (χ2n) is 5.92. The molecule has 0 bridgehead atoms. The van der Waals surface area contributed by atoms with E-state index in [-0.39, 0.29) is 12.0 Å². The van der Waals surface area contributed by atoms with Crippen molar-refractivity contribution < 1.29 is 9.53 Å². The van der Waals surface area contributed by atoms with Gasteiger partial charge in [-0.15, -0.1) is 0 Å². The third-order valence-corrected chi connectivity index (χ3v) is 3.98. The summed E-state index contributed by atoms with van der Waals surface area (Å²) in [4.78, 5) is 25.0. The normalized spacial score (nSPS) is 17.8. The first-order chi connectivity index (χ1) is 11.6. The summed E-state index contributed by atoms with van der Waals surface area (Å²) in [5.41, 5.74) is 2.18. The van der Waals surface area contributed by atoms with Gasteiger partial charge < -0.3 is 14.5 Å². The topological polar surface area (TPSA) is 87.2 Å². The summed E-state index contributed by atoms with van der Waals surface area (Å²) >= 11 is 0. The Hall–Kier alpha value is -2.48. The molecule has 1 aliphatic rings. The summed E-state index contributed by atoms with van der Waals surface area (Å²) in [6.07, 6.45) is 2.28. The van der Waals surface area contributed by atoms with Crippen LogP contribution in [0.2, 0.25) is 0 Å². The predicted molar refractivity (Wildman–Crippen MR) is 88.9 cm³/mol. The number of amides is 1. The molecule has 1 atom stereocenters. The standard InChI is InChI=1S/C16H22N6O2/c1-4-11-9-13(20-19-11)15(23)22-7-8-24-14(10-22)12-5-6-17-16(18-12)21(2)3/h5-6,9,14H,4,7-8,10H2,1-3H3,(H,19,20)/t14-/m0/s1. The van der Waals surface area contributed by atoms with Gasteiger partial charge in [0.2, 0.25) is 5.95 Å².